The van der Waals surface area contributed by atoms with Gasteiger partial charge in [-0.3, -0.25) is 0 Å². The Labute approximate surface area is 286 Å². The van der Waals surface area contributed by atoms with Crippen molar-refractivity contribution in [3.63, 3.8) is 0 Å². The molecule has 0 saturated heterocycles. The zero-order chi connectivity index (χ0) is 33.4. The molecule has 0 fully saturated rings. The van der Waals surface area contributed by atoms with Gasteiger partial charge in [-0.15, -0.1) is 0 Å². The second kappa shape index (κ2) is 15.1. The van der Waals surface area contributed by atoms with Crippen LogP contribution in [0, 0.1) is 0 Å². The number of benzene rings is 3. The molecule has 0 N–H and O–H groups in total. The molecule has 0 bridgehead atoms. The van der Waals surface area contributed by atoms with Gasteiger partial charge in [0.1, 0.15) is 0 Å². The van der Waals surface area contributed by atoms with E-state index in [0.717, 1.165) is 0 Å². The summed E-state index contributed by atoms with van der Waals surface area (Å²) in [6.07, 6.45) is 0. The minimum absolute atomic E-state index is 0.403. The number of hydrogen-bond acceptors (Lipinski definition) is 0. The van der Waals surface area contributed by atoms with E-state index in [-0.39, 0.29) is 0 Å². The van der Waals surface area contributed by atoms with E-state index in [1.54, 1.807) is 0 Å². The zero-order valence-corrected chi connectivity index (χ0v) is 34.5. The molecular formula is C42H61ClSn. The molecule has 3 aromatic carbocycles. The van der Waals surface area contributed by atoms with E-state index in [1.165, 1.54) is 70.3 Å². The third-order valence-corrected chi connectivity index (χ3v) is 12.7. The second-order valence-electron chi connectivity index (χ2n) is 15.7. The van der Waals surface area contributed by atoms with E-state index in [1.807, 2.05) is 0 Å². The molecule has 3 aromatic rings. The molecule has 2 radical (unpaired) electrons. The average Bonchev–Trinajstić information content (AvgIpc) is 2.93. The molecule has 0 saturated carbocycles. The van der Waals surface area contributed by atoms with Crippen molar-refractivity contribution in [2.45, 2.75) is 158 Å². The second-order valence-corrected chi connectivity index (χ2v) is 18.9. The fraction of sp³-hybridized carbons (Fsp3) is 0.571. The Hall–Kier alpha value is -1.25. The molecular weight excluding hydrogens is 659 g/mol. The Kier molecular flexibility index (Phi) is 12.8. The quantitative estimate of drug-likeness (QED) is 0.173. The fourth-order valence-corrected chi connectivity index (χ4v) is 10.1. The van der Waals surface area contributed by atoms with Crippen molar-refractivity contribution in [1.82, 2.24) is 0 Å². The summed E-state index contributed by atoms with van der Waals surface area (Å²) in [5.74, 6) is 3.48. The topological polar surface area (TPSA) is 0 Å². The molecule has 0 aliphatic carbocycles. The van der Waals surface area contributed by atoms with E-state index >= 15 is 0 Å². The Bertz CT molecular complexity index is 1290. The minimum atomic E-state index is -1.46. The van der Waals surface area contributed by atoms with Gasteiger partial charge < -0.3 is 0 Å². The van der Waals surface area contributed by atoms with Gasteiger partial charge in [0.15, 0.2) is 0 Å². The van der Waals surface area contributed by atoms with Gasteiger partial charge in [-0.05, 0) is 0 Å². The maximum absolute atomic E-state index is 7.45. The molecule has 0 aliphatic rings. The van der Waals surface area contributed by atoms with Gasteiger partial charge in [0.05, 0.1) is 0 Å². The summed E-state index contributed by atoms with van der Waals surface area (Å²) in [5, 5.41) is 0. The summed E-state index contributed by atoms with van der Waals surface area (Å²) in [4.78, 5) is 0. The van der Waals surface area contributed by atoms with E-state index in [4.69, 9.17) is 8.92 Å². The fourth-order valence-electron chi connectivity index (χ4n) is 6.76. The van der Waals surface area contributed by atoms with Crippen molar-refractivity contribution in [2.75, 3.05) is 0 Å². The molecule has 0 aliphatic heterocycles. The SMILES string of the molecule is CC(C)c1cc(C(C)C)c(-c2c(C(C)C)cc(C(C)C)c(-c3c(C(C)C)cc(C(C)C)cc3C(C)C)[c]2[Sn][Cl])c(C(C)C)c1. The normalized spacial score (nSPS) is 12.6. The van der Waals surface area contributed by atoms with Crippen molar-refractivity contribution >= 4 is 32.5 Å². The third-order valence-electron chi connectivity index (χ3n) is 9.49. The van der Waals surface area contributed by atoms with Crippen molar-refractivity contribution in [2.24, 2.45) is 0 Å². The number of halogens is 1. The van der Waals surface area contributed by atoms with Gasteiger partial charge in [0, 0.05) is 0 Å². The summed E-state index contributed by atoms with van der Waals surface area (Å²) in [7, 11) is 7.45. The maximum atomic E-state index is 7.45. The molecule has 240 valence electrons. The van der Waals surface area contributed by atoms with Crippen LogP contribution >= 0.6 is 8.92 Å². The summed E-state index contributed by atoms with van der Waals surface area (Å²) in [6.45, 7) is 37.9. The Morgan fingerprint density at radius 3 is 0.750 bits per heavy atom. The van der Waals surface area contributed by atoms with Crippen LogP contribution in [0.5, 0.6) is 0 Å². The zero-order valence-electron chi connectivity index (χ0n) is 30.9. The predicted octanol–water partition coefficient (Wildman–Crippen LogP) is 13.5. The first-order chi connectivity index (χ1) is 20.4. The first-order valence-corrected chi connectivity index (χ1v) is 22.4. The molecule has 0 unspecified atom stereocenters. The molecule has 0 heterocycles. The van der Waals surface area contributed by atoms with Gasteiger partial charge >= 0.3 is 288 Å². The van der Waals surface area contributed by atoms with Gasteiger partial charge in [-0.2, -0.15) is 0 Å². The van der Waals surface area contributed by atoms with Crippen LogP contribution in [0.15, 0.2) is 30.3 Å². The van der Waals surface area contributed by atoms with Crippen LogP contribution in [-0.2, 0) is 0 Å². The van der Waals surface area contributed by atoms with Crippen LogP contribution in [-0.4, -0.2) is 20.0 Å². The Morgan fingerprint density at radius 1 is 0.341 bits per heavy atom. The molecule has 3 rings (SSSR count). The van der Waals surface area contributed by atoms with Crippen molar-refractivity contribution in [3.05, 3.63) is 74.8 Å². The van der Waals surface area contributed by atoms with Crippen LogP contribution < -0.4 is 3.58 Å². The standard InChI is InChI=1S/C42H61.ClH.Sn/c1-23(2)31-17-35(27(9)10)41(36(18-31)28(11)12)39-22-40(34(26(7)8)21-33(39)25(5)6)42-37(29(13)14)19-32(24(3)4)20-38(42)30(15)16;;/h17-21,23-30H,1-16H3;1H;/q;;+1/p-1. The van der Waals surface area contributed by atoms with Crippen LogP contribution in [0.25, 0.3) is 22.3 Å². The first kappa shape index (κ1) is 37.2. The van der Waals surface area contributed by atoms with E-state index < -0.39 is 20.0 Å². The summed E-state index contributed by atoms with van der Waals surface area (Å²) >= 11 is -1.46. The average molecular weight is 720 g/mol. The summed E-state index contributed by atoms with van der Waals surface area (Å²) in [6, 6.07) is 12.7. The van der Waals surface area contributed by atoms with Crippen molar-refractivity contribution in [1.29, 1.82) is 0 Å². The molecule has 0 spiro atoms. The first-order valence-electron chi connectivity index (χ1n) is 17.4. The van der Waals surface area contributed by atoms with Crippen LogP contribution in [0.4, 0.5) is 0 Å². The number of hydrogen-bond donors (Lipinski definition) is 0. The van der Waals surface area contributed by atoms with Gasteiger partial charge in [0.2, 0.25) is 0 Å². The van der Waals surface area contributed by atoms with E-state index in [0.29, 0.717) is 47.3 Å². The van der Waals surface area contributed by atoms with Crippen LogP contribution in [0.1, 0.15) is 203 Å². The monoisotopic (exact) mass is 720 g/mol. The Morgan fingerprint density at radius 2 is 0.568 bits per heavy atom. The van der Waals surface area contributed by atoms with Crippen LogP contribution in [0.2, 0.25) is 0 Å². The van der Waals surface area contributed by atoms with E-state index in [9.17, 15) is 0 Å². The van der Waals surface area contributed by atoms with Gasteiger partial charge in [-0.1, -0.05) is 0 Å². The van der Waals surface area contributed by atoms with E-state index in [2.05, 4.69) is 141 Å². The van der Waals surface area contributed by atoms with Gasteiger partial charge in [-0.25, -0.2) is 0 Å². The van der Waals surface area contributed by atoms with Crippen molar-refractivity contribution in [3.8, 4) is 22.3 Å². The molecule has 0 nitrogen and oxygen atoms in total. The Balaban J connectivity index is 2.77. The molecule has 0 aromatic heterocycles. The third kappa shape index (κ3) is 7.48. The predicted molar refractivity (Wildman–Crippen MR) is 201 cm³/mol. The molecule has 0 atom stereocenters. The summed E-state index contributed by atoms with van der Waals surface area (Å²) < 4.78 is 1.49. The van der Waals surface area contributed by atoms with Crippen LogP contribution in [0.3, 0.4) is 0 Å². The van der Waals surface area contributed by atoms with Gasteiger partial charge in [0.25, 0.3) is 0 Å². The number of rotatable bonds is 11. The molecule has 0 amide bonds. The molecule has 44 heavy (non-hydrogen) atoms. The molecule has 2 heteroatoms. The van der Waals surface area contributed by atoms with Crippen molar-refractivity contribution < 1.29 is 0 Å². The summed E-state index contributed by atoms with van der Waals surface area (Å²) in [5.41, 5.74) is 17.7.